The second kappa shape index (κ2) is 14.3. The van der Waals surface area contributed by atoms with E-state index in [1.807, 2.05) is 51.1 Å². The van der Waals surface area contributed by atoms with Crippen LogP contribution in [-0.4, -0.2) is 43.3 Å². The Morgan fingerprint density at radius 2 is 1.34 bits per heavy atom. The minimum absolute atomic E-state index is 0.00304. The van der Waals surface area contributed by atoms with E-state index in [1.54, 1.807) is 66.7 Å². The van der Waals surface area contributed by atoms with Crippen LogP contribution in [0.4, 0.5) is 5.69 Å². The van der Waals surface area contributed by atoms with Crippen molar-refractivity contribution >= 4 is 50.7 Å². The van der Waals surface area contributed by atoms with Crippen LogP contribution in [0.25, 0.3) is 0 Å². The molecule has 0 aliphatic carbocycles. The summed E-state index contributed by atoms with van der Waals surface area (Å²) in [4.78, 5) is 29.8. The SMILES string of the molecule is CC(C)(C)NC(=O)[C@@H](Cc1ccccc1)N(Cc1ccc(Cl)cc1)C(=O)CN(c1ccccc1Cl)S(=O)(=O)c1ccccc1. The van der Waals surface area contributed by atoms with Crippen molar-refractivity contribution in [1.29, 1.82) is 0 Å². The predicted octanol–water partition coefficient (Wildman–Crippen LogP) is 6.74. The molecular formula is C34H35Cl2N3O4S. The molecule has 0 bridgehead atoms. The molecule has 0 spiro atoms. The largest absolute Gasteiger partial charge is 0.350 e. The van der Waals surface area contributed by atoms with Gasteiger partial charge in [0.1, 0.15) is 12.6 Å². The third-order valence-corrected chi connectivity index (χ3v) is 9.11. The highest BCUT2D eigenvalue weighted by Gasteiger charge is 2.36. The Hall–Kier alpha value is -3.85. The Morgan fingerprint density at radius 1 is 0.773 bits per heavy atom. The summed E-state index contributed by atoms with van der Waals surface area (Å²) in [6.45, 7) is 5.03. The molecule has 2 amide bonds. The average Bonchev–Trinajstić information content (AvgIpc) is 2.99. The number of sulfonamides is 1. The fraction of sp³-hybridized carbons (Fsp3) is 0.235. The number of para-hydroxylation sites is 1. The summed E-state index contributed by atoms with van der Waals surface area (Å²) >= 11 is 12.6. The highest BCUT2D eigenvalue weighted by atomic mass is 35.5. The highest BCUT2D eigenvalue weighted by Crippen LogP contribution is 2.31. The maximum atomic E-state index is 14.5. The molecular weight excluding hydrogens is 617 g/mol. The average molecular weight is 653 g/mol. The second-order valence-electron chi connectivity index (χ2n) is 11.4. The van der Waals surface area contributed by atoms with Gasteiger partial charge >= 0.3 is 0 Å². The van der Waals surface area contributed by atoms with E-state index in [0.717, 1.165) is 15.4 Å². The molecule has 44 heavy (non-hydrogen) atoms. The van der Waals surface area contributed by atoms with Gasteiger partial charge in [-0.3, -0.25) is 13.9 Å². The molecule has 0 aromatic heterocycles. The van der Waals surface area contributed by atoms with Crippen LogP contribution in [-0.2, 0) is 32.6 Å². The van der Waals surface area contributed by atoms with Crippen molar-refractivity contribution in [1.82, 2.24) is 10.2 Å². The molecule has 0 saturated carbocycles. The number of hydrogen-bond acceptors (Lipinski definition) is 4. The number of rotatable bonds is 11. The molecule has 4 aromatic carbocycles. The van der Waals surface area contributed by atoms with Crippen LogP contribution in [0.5, 0.6) is 0 Å². The lowest BCUT2D eigenvalue weighted by Gasteiger charge is -2.35. The van der Waals surface area contributed by atoms with Crippen LogP contribution < -0.4 is 9.62 Å². The standard InChI is InChI=1S/C34H35Cl2N3O4S/c1-34(2,3)37-33(41)31(22-25-12-6-4-7-13-25)38(23-26-18-20-27(35)21-19-26)32(40)24-39(30-17-11-10-16-29(30)36)44(42,43)28-14-8-5-9-15-28/h4-21,31H,22-24H2,1-3H3,(H,37,41)/t31-/m1/s1. The van der Waals surface area contributed by atoms with Crippen LogP contribution >= 0.6 is 23.2 Å². The fourth-order valence-electron chi connectivity index (χ4n) is 4.68. The van der Waals surface area contributed by atoms with Gasteiger partial charge in [0.2, 0.25) is 11.8 Å². The molecule has 0 aliphatic rings. The number of carbonyl (C=O) groups excluding carboxylic acids is 2. The van der Waals surface area contributed by atoms with Crippen molar-refractivity contribution in [2.45, 2.75) is 50.2 Å². The third-order valence-electron chi connectivity index (χ3n) is 6.77. The summed E-state index contributed by atoms with van der Waals surface area (Å²) in [5.74, 6) is -0.941. The number of halogens is 2. The first-order valence-corrected chi connectivity index (χ1v) is 16.3. The summed E-state index contributed by atoms with van der Waals surface area (Å²) in [5, 5.41) is 3.70. The lowest BCUT2D eigenvalue weighted by Crippen LogP contribution is -2.56. The van der Waals surface area contributed by atoms with Gasteiger partial charge in [-0.1, -0.05) is 96.0 Å². The van der Waals surface area contributed by atoms with Gasteiger partial charge in [-0.25, -0.2) is 8.42 Å². The van der Waals surface area contributed by atoms with Crippen molar-refractivity contribution in [3.05, 3.63) is 130 Å². The van der Waals surface area contributed by atoms with E-state index in [-0.39, 0.29) is 34.5 Å². The molecule has 10 heteroatoms. The number of nitrogens with one attached hydrogen (secondary N) is 1. The molecule has 230 valence electrons. The third kappa shape index (κ3) is 8.62. The molecule has 1 N–H and O–H groups in total. The Bertz CT molecular complexity index is 1680. The Morgan fingerprint density at radius 3 is 1.93 bits per heavy atom. The Balaban J connectivity index is 1.82. The van der Waals surface area contributed by atoms with Gasteiger partial charge in [0.25, 0.3) is 10.0 Å². The number of hydrogen-bond donors (Lipinski definition) is 1. The summed E-state index contributed by atoms with van der Waals surface area (Å²) in [6, 6.07) is 29.7. The van der Waals surface area contributed by atoms with Gasteiger partial charge in [0.15, 0.2) is 0 Å². The first-order valence-electron chi connectivity index (χ1n) is 14.1. The molecule has 0 fully saturated rings. The maximum absolute atomic E-state index is 14.5. The van der Waals surface area contributed by atoms with E-state index in [9.17, 15) is 18.0 Å². The minimum Gasteiger partial charge on any atom is -0.350 e. The van der Waals surface area contributed by atoms with Gasteiger partial charge in [-0.15, -0.1) is 0 Å². The number of benzene rings is 4. The van der Waals surface area contributed by atoms with Crippen LogP contribution in [0.1, 0.15) is 31.9 Å². The van der Waals surface area contributed by atoms with Crippen molar-refractivity contribution in [2.75, 3.05) is 10.8 Å². The van der Waals surface area contributed by atoms with E-state index in [2.05, 4.69) is 5.32 Å². The lowest BCUT2D eigenvalue weighted by molar-refractivity contribution is -0.140. The predicted molar refractivity (Wildman–Crippen MR) is 176 cm³/mol. The molecule has 0 saturated heterocycles. The summed E-state index contributed by atoms with van der Waals surface area (Å²) in [6.07, 6.45) is 0.208. The Labute approximate surface area is 269 Å². The van der Waals surface area contributed by atoms with E-state index >= 15 is 0 Å². The lowest BCUT2D eigenvalue weighted by atomic mass is 10.0. The number of nitrogens with zero attached hydrogens (tertiary/aromatic N) is 2. The van der Waals surface area contributed by atoms with Gasteiger partial charge in [-0.05, 0) is 68.3 Å². The van der Waals surface area contributed by atoms with Crippen LogP contribution in [0.2, 0.25) is 10.0 Å². The monoisotopic (exact) mass is 651 g/mol. The van der Waals surface area contributed by atoms with E-state index in [0.29, 0.717) is 5.02 Å². The number of carbonyl (C=O) groups is 2. The topological polar surface area (TPSA) is 86.8 Å². The first-order chi connectivity index (χ1) is 20.8. The van der Waals surface area contributed by atoms with Gasteiger partial charge < -0.3 is 10.2 Å². The van der Waals surface area contributed by atoms with Crippen molar-refractivity contribution in [3.63, 3.8) is 0 Å². The molecule has 0 heterocycles. The second-order valence-corrected chi connectivity index (χ2v) is 14.1. The first kappa shape index (κ1) is 33.1. The molecule has 0 unspecified atom stereocenters. The molecule has 7 nitrogen and oxygen atoms in total. The molecule has 4 rings (SSSR count). The quantitative estimate of drug-likeness (QED) is 0.194. The normalized spacial score (nSPS) is 12.3. The highest BCUT2D eigenvalue weighted by molar-refractivity contribution is 7.92. The summed E-state index contributed by atoms with van der Waals surface area (Å²) in [7, 11) is -4.23. The fourth-order valence-corrected chi connectivity index (χ4v) is 6.55. The molecule has 1 atom stereocenters. The summed E-state index contributed by atoms with van der Waals surface area (Å²) < 4.78 is 29.1. The molecule has 4 aromatic rings. The van der Waals surface area contributed by atoms with Gasteiger partial charge in [0, 0.05) is 23.5 Å². The van der Waals surface area contributed by atoms with Gasteiger partial charge in [0.05, 0.1) is 15.6 Å². The minimum atomic E-state index is -4.23. The maximum Gasteiger partial charge on any atom is 0.264 e. The number of amides is 2. The smallest absolute Gasteiger partial charge is 0.264 e. The van der Waals surface area contributed by atoms with Crippen LogP contribution in [0.15, 0.2) is 114 Å². The van der Waals surface area contributed by atoms with Gasteiger partial charge in [-0.2, -0.15) is 0 Å². The van der Waals surface area contributed by atoms with Crippen LogP contribution in [0, 0.1) is 0 Å². The van der Waals surface area contributed by atoms with Crippen molar-refractivity contribution in [2.24, 2.45) is 0 Å². The molecule has 0 aliphatic heterocycles. The van der Waals surface area contributed by atoms with Crippen LogP contribution in [0.3, 0.4) is 0 Å². The summed E-state index contributed by atoms with van der Waals surface area (Å²) in [5.41, 5.74) is 1.13. The van der Waals surface area contributed by atoms with E-state index in [4.69, 9.17) is 23.2 Å². The number of anilines is 1. The zero-order valence-electron chi connectivity index (χ0n) is 24.8. The molecule has 0 radical (unpaired) electrons. The van der Waals surface area contributed by atoms with E-state index < -0.39 is 34.1 Å². The zero-order chi connectivity index (χ0) is 31.9. The zero-order valence-corrected chi connectivity index (χ0v) is 27.1. The van der Waals surface area contributed by atoms with Crippen molar-refractivity contribution < 1.29 is 18.0 Å². The Kier molecular flexibility index (Phi) is 10.7. The van der Waals surface area contributed by atoms with E-state index in [1.165, 1.54) is 17.0 Å². The van der Waals surface area contributed by atoms with Crippen molar-refractivity contribution in [3.8, 4) is 0 Å².